The predicted molar refractivity (Wildman–Crippen MR) is 392 cm³/mol. The van der Waals surface area contributed by atoms with Crippen molar-refractivity contribution in [2.75, 3.05) is 37.5 Å². The highest BCUT2D eigenvalue weighted by Crippen LogP contribution is 2.59. The second-order valence-electron chi connectivity index (χ2n) is 28.4. The van der Waals surface area contributed by atoms with E-state index in [0.717, 1.165) is 145 Å². The number of methoxy groups -OCH3 is 1. The van der Waals surface area contributed by atoms with Gasteiger partial charge in [-0.3, -0.25) is 4.79 Å². The summed E-state index contributed by atoms with van der Waals surface area (Å²) < 4.78 is 13.2. The Hall–Kier alpha value is -6.01. The van der Waals surface area contributed by atoms with Gasteiger partial charge >= 0.3 is 0 Å². The van der Waals surface area contributed by atoms with Crippen LogP contribution in [0.2, 0.25) is 0 Å². The van der Waals surface area contributed by atoms with Crippen molar-refractivity contribution in [1.29, 1.82) is 0 Å². The van der Waals surface area contributed by atoms with Crippen LogP contribution in [0.15, 0.2) is 152 Å². The third-order valence-corrected chi connectivity index (χ3v) is 28.5. The Morgan fingerprint density at radius 1 is 0.698 bits per heavy atom. The average molecular weight is 1370 g/mol. The van der Waals surface area contributed by atoms with E-state index in [9.17, 15) is 30.6 Å². The Labute approximate surface area is 581 Å². The number of Topliss-reactive ketones (excluding diaryl/α,β-unsaturated/α-hetero) is 1. The molecule has 1 saturated heterocycles. The number of aromatic amines is 1. The number of H-pyrrole nitrogens is 1. The van der Waals surface area contributed by atoms with Gasteiger partial charge in [0.05, 0.1) is 36.6 Å². The lowest BCUT2D eigenvalue weighted by atomic mass is 9.52. The highest BCUT2D eigenvalue weighted by Gasteiger charge is 2.62. The Balaban J connectivity index is 0.945. The second-order valence-corrected chi connectivity index (χ2v) is 33.6. The summed E-state index contributed by atoms with van der Waals surface area (Å²) in [6, 6.07) is 47.3. The smallest absolute Gasteiger partial charge is 0.164 e. The highest BCUT2D eigenvalue weighted by atomic mass is 33.1. The number of ether oxygens (including phenoxy) is 2. The normalized spacial score (nSPS) is 28.8. The van der Waals surface area contributed by atoms with Gasteiger partial charge in [0, 0.05) is 64.9 Å². The number of ketones is 1. The Morgan fingerprint density at radius 3 is 2.32 bits per heavy atom. The van der Waals surface area contributed by atoms with Gasteiger partial charge in [-0.15, -0.1) is 0 Å². The van der Waals surface area contributed by atoms with E-state index in [1.807, 2.05) is 48.8 Å². The number of aryl methyl sites for hydroxylation is 1. The number of aromatic hydroxyl groups is 3. The summed E-state index contributed by atoms with van der Waals surface area (Å²) in [5, 5.41) is 82.4. The quantitative estimate of drug-likeness (QED) is 0.0541. The van der Waals surface area contributed by atoms with Crippen LogP contribution in [0, 0.1) is 35.5 Å². The predicted octanol–water partition coefficient (Wildman–Crippen LogP) is 16.1. The maximum Gasteiger partial charge on any atom is 0.164 e. The molecule has 15 heteroatoms. The van der Waals surface area contributed by atoms with Crippen LogP contribution in [-0.2, 0) is 54.3 Å². The second kappa shape index (κ2) is 29.4. The van der Waals surface area contributed by atoms with Crippen LogP contribution in [0.25, 0.3) is 10.8 Å². The van der Waals surface area contributed by atoms with E-state index in [4.69, 9.17) is 9.47 Å². The fourth-order valence-corrected chi connectivity index (χ4v) is 24.3. The summed E-state index contributed by atoms with van der Waals surface area (Å²) >= 11 is 0. The van der Waals surface area contributed by atoms with Crippen molar-refractivity contribution < 1.29 is 44.9 Å². The molecule has 0 unspecified atom stereocenters. The van der Waals surface area contributed by atoms with Gasteiger partial charge in [-0.1, -0.05) is 166 Å². The van der Waals surface area contributed by atoms with E-state index in [2.05, 4.69) is 102 Å². The number of nitrogens with one attached hydrogen (secondary N) is 2. The van der Waals surface area contributed by atoms with Crippen molar-refractivity contribution in [3.63, 3.8) is 0 Å². The number of phenols is 3. The molecule has 11 nitrogen and oxygen atoms in total. The Morgan fingerprint density at radius 2 is 1.50 bits per heavy atom. The fourth-order valence-electron chi connectivity index (χ4n) is 18.5. The van der Waals surface area contributed by atoms with Gasteiger partial charge in [0.1, 0.15) is 11.9 Å². The molecule has 3 aliphatic carbocycles. The minimum Gasteiger partial charge on any atom is -0.508 e. The number of piperidine rings is 1. The maximum atomic E-state index is 18.1. The van der Waals surface area contributed by atoms with Crippen molar-refractivity contribution in [3.8, 4) is 28.7 Å². The van der Waals surface area contributed by atoms with Gasteiger partial charge in [-0.2, -0.15) is 0 Å². The first-order valence-corrected chi connectivity index (χ1v) is 40.0. The largest absolute Gasteiger partial charge is 0.508 e. The van der Waals surface area contributed by atoms with Crippen LogP contribution >= 0.6 is 43.2 Å². The molecular formula is C81H92N2O9S4. The average Bonchev–Trinajstić information content (AvgIpc) is 0.721. The number of aliphatic hydroxyl groups is 3. The molecule has 1 aromatic heterocycles. The van der Waals surface area contributed by atoms with Crippen LogP contribution in [0.4, 0.5) is 0 Å². The molecule has 4 fully saturated rings. The van der Waals surface area contributed by atoms with Gasteiger partial charge in [0.2, 0.25) is 0 Å². The van der Waals surface area contributed by atoms with Crippen molar-refractivity contribution in [1.82, 2.24) is 10.3 Å². The molecule has 4 heterocycles. The third kappa shape index (κ3) is 13.0. The van der Waals surface area contributed by atoms with Crippen molar-refractivity contribution in [3.05, 3.63) is 219 Å². The van der Waals surface area contributed by atoms with Crippen molar-refractivity contribution in [2.24, 2.45) is 35.5 Å². The summed E-state index contributed by atoms with van der Waals surface area (Å²) in [4.78, 5) is 21.3. The molecule has 6 aliphatic rings. The summed E-state index contributed by atoms with van der Waals surface area (Å²) in [5.74, 6) is -0.182. The minimum atomic E-state index is -1.78. The van der Waals surface area contributed by atoms with Gasteiger partial charge in [0.15, 0.2) is 28.8 Å². The number of aliphatic hydroxyl groups excluding tert-OH is 3. The zero-order valence-corrected chi connectivity index (χ0v) is 58.4. The Kier molecular flexibility index (Phi) is 20.6. The molecule has 13 atom stereocenters. The van der Waals surface area contributed by atoms with Gasteiger partial charge in [-0.05, 0) is 222 Å². The highest BCUT2D eigenvalue weighted by molar-refractivity contribution is 8.77. The molecule has 3 saturated carbocycles. The standard InChI is InChI=1S/C81H92N2O9S4/c1-3-51-24-25-52-19-11-21-64-73(45-84)96-95-47-60-39-74(88)81(68-48-94-93-46-58-18-9-10-23-71(58)92-72-38-57(68)27-28-69(72)86,79(90)76(60)77(89)59(35-50-30-33-82-44-50)37-55-26-29-70(87)78(91-2)66(55)43-65(51)75(52)64)62-40-61(41-63(85)42-62)80-31-12-20-56(67(80)22-13-32-83-80)36-54-17-8-7-16-53(54)34-49-14-5-4-6-15-49/h4-8,11,14-17,19,21,24-30,33,38,40-42,44,56,58-60,67-68,71,73-74,76-77,82-89H,3,9-10,12-13,18,20,22-23,31-32,34-37,39,43,45-48H2,1-2H3/t56-,58+,59+,60-,67+,68-,71-,73-,74-,76+,77-,80-,81-/m0/s1. The summed E-state index contributed by atoms with van der Waals surface area (Å²) in [5.41, 5.74) is 9.61. The van der Waals surface area contributed by atoms with Crippen LogP contribution in [0.1, 0.15) is 149 Å². The molecule has 14 rings (SSSR count). The van der Waals surface area contributed by atoms with Crippen LogP contribution in [0.3, 0.4) is 0 Å². The maximum absolute atomic E-state index is 18.1. The van der Waals surface area contributed by atoms with E-state index in [-0.39, 0.29) is 54.0 Å². The molecule has 8 aromatic rings. The van der Waals surface area contributed by atoms with Gasteiger partial charge < -0.3 is 50.4 Å². The molecule has 96 heavy (non-hydrogen) atoms. The molecular weight excluding hydrogens is 1270 g/mol. The number of carbonyl (C=O) groups is 1. The minimum absolute atomic E-state index is 0.00331. The van der Waals surface area contributed by atoms with Gasteiger partial charge in [0.25, 0.3) is 0 Å². The van der Waals surface area contributed by atoms with Crippen molar-refractivity contribution >= 4 is 59.7 Å². The van der Waals surface area contributed by atoms with Crippen LogP contribution < -0.4 is 14.8 Å². The number of benzene rings is 7. The summed E-state index contributed by atoms with van der Waals surface area (Å²) in [7, 11) is 8.23. The van der Waals surface area contributed by atoms with Gasteiger partial charge in [-0.25, -0.2) is 0 Å². The molecule has 0 radical (unpaired) electrons. The Bertz CT molecular complexity index is 4030. The molecule has 8 N–H and O–H groups in total. The number of aromatic nitrogens is 1. The molecule has 0 amide bonds. The number of phenolic OH excluding ortho intramolecular Hbond substituents is 3. The first kappa shape index (κ1) is 67.2. The van der Waals surface area contributed by atoms with Crippen LogP contribution in [-0.4, -0.2) is 97.2 Å². The molecule has 7 aromatic carbocycles. The monoisotopic (exact) mass is 1360 g/mol. The fraction of sp³-hybridized carbons (Fsp3) is 0.444. The van der Waals surface area contributed by atoms with E-state index < -0.39 is 52.1 Å². The molecule has 2 bridgehead atoms. The number of rotatable bonds is 12. The van der Waals surface area contributed by atoms with E-state index in [0.29, 0.717) is 53.7 Å². The van der Waals surface area contributed by atoms with Crippen molar-refractivity contribution in [2.45, 2.75) is 150 Å². The van der Waals surface area contributed by atoms with E-state index in [1.54, 1.807) is 68.5 Å². The molecule has 3 aliphatic heterocycles. The number of carbonyl (C=O) groups excluding carboxylic acids is 1. The SMILES string of the molecule is CCc1ccc2cccc3c2c1Cc1c(ccc(O)c1OC)C[C@@H](Cc1cc[nH]c1)[C@H](O)[C@@H]1C(=O)[C@@](c2cc(O)cc([C@@]45CCC[C@@H](Cc6ccccc6Cc6ccccc6)[C@H]4CCCN5)c2)([C@H]2CSSC[C@H]4CCCC[C@@H]4Oc4cc2ccc4O)[C@@H](O)C[C@H]1CSS[C@H]3CO. The zero-order chi connectivity index (χ0) is 66.1. The molecule has 504 valence electrons. The van der Waals surface area contributed by atoms with Crippen LogP contribution in [0.5, 0.6) is 28.7 Å². The lowest BCUT2D eigenvalue weighted by molar-refractivity contribution is -0.150. The topological polar surface area (TPSA) is 185 Å². The number of fused-ring (bicyclic) bond motifs is 6. The molecule has 0 spiro atoms. The lowest BCUT2D eigenvalue weighted by Crippen LogP contribution is -2.63. The lowest BCUT2D eigenvalue weighted by Gasteiger charge is -2.54. The number of hydrogen-bond donors (Lipinski definition) is 8. The summed E-state index contributed by atoms with van der Waals surface area (Å²) in [6.45, 7) is 2.78. The number of hydrogen-bond acceptors (Lipinski definition) is 14. The third-order valence-electron chi connectivity index (χ3n) is 23.2. The van der Waals surface area contributed by atoms with E-state index in [1.165, 1.54) is 16.7 Å². The summed E-state index contributed by atoms with van der Waals surface area (Å²) in [6.07, 6.45) is 13.7. The first-order chi connectivity index (χ1) is 46.9. The zero-order valence-electron chi connectivity index (χ0n) is 55.2. The first-order valence-electron chi connectivity index (χ1n) is 35.2. The van der Waals surface area contributed by atoms with E-state index >= 15 is 4.79 Å².